The predicted octanol–water partition coefficient (Wildman–Crippen LogP) is 3.25. The van der Waals surface area contributed by atoms with Crippen LogP contribution in [0, 0.1) is 0 Å². The minimum absolute atomic E-state index is 0.0102. The molecule has 0 saturated carbocycles. The number of benzene rings is 1. The minimum atomic E-state index is -2.88. The summed E-state index contributed by atoms with van der Waals surface area (Å²) in [6, 6.07) is 5.73. The Hall–Kier alpha value is -0.970. The Morgan fingerprint density at radius 2 is 2.13 bits per heavy atom. The molecule has 1 rings (SSSR count). The Morgan fingerprint density at radius 1 is 1.47 bits per heavy atom. The topological polar surface area (TPSA) is 26.3 Å². The zero-order valence-corrected chi connectivity index (χ0v) is 9.50. The van der Waals surface area contributed by atoms with Crippen LogP contribution in [0.3, 0.4) is 0 Å². The number of ketones is 1. The van der Waals surface area contributed by atoms with E-state index >= 15 is 0 Å². The smallest absolute Gasteiger partial charge is 0.387 e. The summed E-state index contributed by atoms with van der Waals surface area (Å²) in [5, 5.41) is 0. The van der Waals surface area contributed by atoms with Gasteiger partial charge in [-0.2, -0.15) is 8.78 Å². The number of hydrogen-bond donors (Lipinski definition) is 0. The fourth-order valence-electron chi connectivity index (χ4n) is 1.06. The highest BCUT2D eigenvalue weighted by Gasteiger charge is 2.13. The van der Waals surface area contributed by atoms with Crippen LogP contribution in [0.2, 0.25) is 0 Å². The second kappa shape index (κ2) is 5.21. The Labute approximate surface area is 94.4 Å². The largest absolute Gasteiger partial charge is 0.435 e. The van der Waals surface area contributed by atoms with Gasteiger partial charge in [0.25, 0.3) is 0 Å². The molecule has 2 nitrogen and oxygen atoms in total. The van der Waals surface area contributed by atoms with E-state index in [-0.39, 0.29) is 16.4 Å². The SMILES string of the molecule is CC(Br)C(=O)c1cccc(OC(F)F)c1. The Morgan fingerprint density at radius 3 is 2.67 bits per heavy atom. The van der Waals surface area contributed by atoms with Crippen molar-refractivity contribution in [1.29, 1.82) is 0 Å². The third-order valence-electron chi connectivity index (χ3n) is 1.71. The highest BCUT2D eigenvalue weighted by Crippen LogP contribution is 2.18. The number of ether oxygens (including phenoxy) is 1. The molecule has 0 N–H and O–H groups in total. The molecule has 0 aliphatic rings. The van der Waals surface area contributed by atoms with Crippen molar-refractivity contribution in [3.05, 3.63) is 29.8 Å². The molecule has 1 atom stereocenters. The Kier molecular flexibility index (Phi) is 4.20. The molecule has 0 radical (unpaired) electrons. The summed E-state index contributed by atoms with van der Waals surface area (Å²) in [4.78, 5) is 11.1. The van der Waals surface area contributed by atoms with Gasteiger partial charge >= 0.3 is 6.61 Å². The van der Waals surface area contributed by atoms with Crippen molar-refractivity contribution in [1.82, 2.24) is 0 Å². The minimum Gasteiger partial charge on any atom is -0.435 e. The van der Waals surface area contributed by atoms with Gasteiger partial charge in [0, 0.05) is 5.56 Å². The lowest BCUT2D eigenvalue weighted by atomic mass is 10.1. The van der Waals surface area contributed by atoms with Crippen molar-refractivity contribution in [3.63, 3.8) is 0 Å². The van der Waals surface area contributed by atoms with Gasteiger partial charge in [-0.05, 0) is 19.1 Å². The van der Waals surface area contributed by atoms with Gasteiger partial charge < -0.3 is 4.74 Å². The highest BCUT2D eigenvalue weighted by molar-refractivity contribution is 9.10. The summed E-state index contributed by atoms with van der Waals surface area (Å²) in [6.07, 6.45) is 0. The summed E-state index contributed by atoms with van der Waals surface area (Å²) in [7, 11) is 0. The van der Waals surface area contributed by atoms with Crippen LogP contribution in [-0.2, 0) is 0 Å². The molecular formula is C10H9BrF2O2. The highest BCUT2D eigenvalue weighted by atomic mass is 79.9. The number of Topliss-reactive ketones (excluding diaryl/α,β-unsaturated/α-hetero) is 1. The third-order valence-corrected chi connectivity index (χ3v) is 2.12. The van der Waals surface area contributed by atoms with E-state index in [1.807, 2.05) is 0 Å². The average Bonchev–Trinajstić information content (AvgIpc) is 2.16. The molecule has 0 fully saturated rings. The fourth-order valence-corrected chi connectivity index (χ4v) is 1.32. The molecule has 15 heavy (non-hydrogen) atoms. The quantitative estimate of drug-likeness (QED) is 0.624. The molecule has 1 aromatic carbocycles. The maximum Gasteiger partial charge on any atom is 0.387 e. The van der Waals surface area contributed by atoms with Gasteiger partial charge in [0.1, 0.15) is 5.75 Å². The predicted molar refractivity (Wildman–Crippen MR) is 55.8 cm³/mol. The summed E-state index contributed by atoms with van der Waals surface area (Å²) in [5.74, 6) is -0.182. The monoisotopic (exact) mass is 278 g/mol. The van der Waals surface area contributed by atoms with E-state index in [2.05, 4.69) is 20.7 Å². The zero-order valence-electron chi connectivity index (χ0n) is 7.91. The van der Waals surface area contributed by atoms with E-state index in [0.29, 0.717) is 5.56 Å². The second-order valence-electron chi connectivity index (χ2n) is 2.89. The van der Waals surface area contributed by atoms with E-state index in [0.717, 1.165) is 0 Å². The van der Waals surface area contributed by atoms with Gasteiger partial charge in [-0.25, -0.2) is 0 Å². The van der Waals surface area contributed by atoms with E-state index in [1.165, 1.54) is 18.2 Å². The van der Waals surface area contributed by atoms with Crippen molar-refractivity contribution < 1.29 is 18.3 Å². The van der Waals surface area contributed by atoms with Gasteiger partial charge in [-0.3, -0.25) is 4.79 Å². The van der Waals surface area contributed by atoms with Crippen molar-refractivity contribution >= 4 is 21.7 Å². The van der Waals surface area contributed by atoms with Crippen LogP contribution in [0.4, 0.5) is 8.78 Å². The molecule has 0 saturated heterocycles. The van der Waals surface area contributed by atoms with Crippen molar-refractivity contribution in [2.45, 2.75) is 18.4 Å². The Bertz CT molecular complexity index is 353. The normalized spacial score (nSPS) is 12.6. The number of alkyl halides is 3. The third kappa shape index (κ3) is 3.58. The van der Waals surface area contributed by atoms with Crippen molar-refractivity contribution in [2.24, 2.45) is 0 Å². The fraction of sp³-hybridized carbons (Fsp3) is 0.300. The summed E-state index contributed by atoms with van der Waals surface area (Å²) < 4.78 is 28.0. The molecule has 0 aromatic heterocycles. The van der Waals surface area contributed by atoms with Crippen molar-refractivity contribution in [2.75, 3.05) is 0 Å². The first kappa shape index (κ1) is 12.1. The van der Waals surface area contributed by atoms with Gasteiger partial charge in [-0.1, -0.05) is 28.1 Å². The standard InChI is InChI=1S/C10H9BrF2O2/c1-6(11)9(14)7-3-2-4-8(5-7)15-10(12)13/h2-6,10H,1H3. The van der Waals surface area contributed by atoms with Gasteiger partial charge in [-0.15, -0.1) is 0 Å². The molecule has 0 aliphatic carbocycles. The van der Waals surface area contributed by atoms with Crippen LogP contribution in [0.1, 0.15) is 17.3 Å². The van der Waals surface area contributed by atoms with E-state index in [1.54, 1.807) is 13.0 Å². The first-order chi connectivity index (χ1) is 7.00. The Balaban J connectivity index is 2.87. The lowest BCUT2D eigenvalue weighted by Gasteiger charge is -2.07. The van der Waals surface area contributed by atoms with Crippen LogP contribution >= 0.6 is 15.9 Å². The molecule has 0 spiro atoms. The van der Waals surface area contributed by atoms with Crippen molar-refractivity contribution in [3.8, 4) is 5.75 Å². The lowest BCUT2D eigenvalue weighted by Crippen LogP contribution is -2.10. The van der Waals surface area contributed by atoms with Crippen LogP contribution in [-0.4, -0.2) is 17.2 Å². The molecule has 0 heterocycles. The number of carbonyl (C=O) groups is 1. The summed E-state index contributed by atoms with van der Waals surface area (Å²) in [5.41, 5.74) is 0.345. The summed E-state index contributed by atoms with van der Waals surface area (Å²) in [6.45, 7) is -1.21. The number of carbonyl (C=O) groups excluding carboxylic acids is 1. The molecule has 1 unspecified atom stereocenters. The molecule has 0 bridgehead atoms. The van der Waals surface area contributed by atoms with E-state index < -0.39 is 6.61 Å². The lowest BCUT2D eigenvalue weighted by molar-refractivity contribution is -0.0498. The van der Waals surface area contributed by atoms with Crippen LogP contribution < -0.4 is 4.74 Å². The molecule has 0 amide bonds. The zero-order chi connectivity index (χ0) is 11.4. The molecule has 1 aromatic rings. The maximum atomic E-state index is 11.9. The molecular weight excluding hydrogens is 270 g/mol. The summed E-state index contributed by atoms with van der Waals surface area (Å²) >= 11 is 3.11. The van der Waals surface area contributed by atoms with E-state index in [9.17, 15) is 13.6 Å². The van der Waals surface area contributed by atoms with Crippen LogP contribution in [0.25, 0.3) is 0 Å². The van der Waals surface area contributed by atoms with Gasteiger partial charge in [0.05, 0.1) is 4.83 Å². The van der Waals surface area contributed by atoms with Gasteiger partial charge in [0.15, 0.2) is 5.78 Å². The second-order valence-corrected chi connectivity index (χ2v) is 4.26. The van der Waals surface area contributed by atoms with Crippen LogP contribution in [0.5, 0.6) is 5.75 Å². The van der Waals surface area contributed by atoms with E-state index in [4.69, 9.17) is 0 Å². The number of halogens is 3. The number of hydrogen-bond acceptors (Lipinski definition) is 2. The maximum absolute atomic E-state index is 11.9. The van der Waals surface area contributed by atoms with Gasteiger partial charge in [0.2, 0.25) is 0 Å². The first-order valence-corrected chi connectivity index (χ1v) is 5.15. The number of rotatable bonds is 4. The average molecular weight is 279 g/mol. The molecule has 5 heteroatoms. The van der Waals surface area contributed by atoms with Crippen LogP contribution in [0.15, 0.2) is 24.3 Å². The molecule has 82 valence electrons. The molecule has 0 aliphatic heterocycles. The first-order valence-electron chi connectivity index (χ1n) is 4.24.